The van der Waals surface area contributed by atoms with Crippen LogP contribution in [-0.4, -0.2) is 26.2 Å². The summed E-state index contributed by atoms with van der Waals surface area (Å²) in [6.45, 7) is 11.0. The molecule has 0 atom stereocenters. The van der Waals surface area contributed by atoms with E-state index in [4.69, 9.17) is 4.74 Å². The average Bonchev–Trinajstić information content (AvgIpc) is 2.45. The van der Waals surface area contributed by atoms with Gasteiger partial charge >= 0.3 is 0 Å². The van der Waals surface area contributed by atoms with Gasteiger partial charge in [0.25, 0.3) is 0 Å². The second kappa shape index (κ2) is 11.6. The first-order valence-electron chi connectivity index (χ1n) is 7.67. The van der Waals surface area contributed by atoms with Gasteiger partial charge < -0.3 is 15.4 Å². The second-order valence-electron chi connectivity index (χ2n) is 6.05. The van der Waals surface area contributed by atoms with E-state index in [9.17, 15) is 0 Å². The summed E-state index contributed by atoms with van der Waals surface area (Å²) in [6, 6.07) is 8.19. The summed E-state index contributed by atoms with van der Waals surface area (Å²) >= 11 is 0. The molecule has 0 aliphatic rings. The van der Waals surface area contributed by atoms with Crippen LogP contribution in [0.4, 0.5) is 0 Å². The van der Waals surface area contributed by atoms with Gasteiger partial charge in [-0.25, -0.2) is 0 Å². The zero-order valence-electron chi connectivity index (χ0n) is 14.3. The molecule has 0 aliphatic heterocycles. The van der Waals surface area contributed by atoms with Gasteiger partial charge in [0.05, 0.1) is 6.61 Å². The molecule has 0 unspecified atom stereocenters. The van der Waals surface area contributed by atoms with Crippen molar-refractivity contribution < 1.29 is 4.74 Å². The van der Waals surface area contributed by atoms with E-state index in [0.29, 0.717) is 11.8 Å². The second-order valence-corrected chi connectivity index (χ2v) is 6.05. The largest absolute Gasteiger partial charge is 0.493 e. The molecule has 0 bridgehead atoms. The number of aliphatic imine (C=N–C) groups is 1. The summed E-state index contributed by atoms with van der Waals surface area (Å²) in [5.74, 6) is 2.88. The van der Waals surface area contributed by atoms with Crippen molar-refractivity contribution in [1.29, 1.82) is 0 Å². The standard InChI is InChI=1S/C17H29N3O.HI/c1-13(2)10-19-17(18-5)20-11-15-7-6-8-16(9-15)21-12-14(3)4;/h6-9,13-14H,10-12H2,1-5H3,(H2,18,19,20);1H. The SMILES string of the molecule is CN=C(NCc1cccc(OCC(C)C)c1)NCC(C)C.I. The molecule has 5 heteroatoms. The Morgan fingerprint density at radius 1 is 1.14 bits per heavy atom. The highest BCUT2D eigenvalue weighted by molar-refractivity contribution is 14.0. The number of hydrogen-bond donors (Lipinski definition) is 2. The van der Waals surface area contributed by atoms with Gasteiger partial charge in [-0.1, -0.05) is 39.8 Å². The molecule has 0 aromatic heterocycles. The third-order valence-electron chi connectivity index (χ3n) is 2.84. The molecule has 1 rings (SSSR count). The summed E-state index contributed by atoms with van der Waals surface area (Å²) in [6.07, 6.45) is 0. The van der Waals surface area contributed by atoms with Crippen molar-refractivity contribution in [2.45, 2.75) is 34.2 Å². The van der Waals surface area contributed by atoms with Crippen LogP contribution in [0.5, 0.6) is 5.75 Å². The molecule has 0 radical (unpaired) electrons. The predicted molar refractivity (Wildman–Crippen MR) is 105 cm³/mol. The van der Waals surface area contributed by atoms with Crippen LogP contribution in [0.2, 0.25) is 0 Å². The Bertz CT molecular complexity index is 447. The van der Waals surface area contributed by atoms with E-state index >= 15 is 0 Å². The minimum absolute atomic E-state index is 0. The van der Waals surface area contributed by atoms with Gasteiger partial charge in [0.15, 0.2) is 5.96 Å². The third kappa shape index (κ3) is 9.12. The van der Waals surface area contributed by atoms with Crippen molar-refractivity contribution in [3.05, 3.63) is 29.8 Å². The van der Waals surface area contributed by atoms with Crippen LogP contribution in [0.15, 0.2) is 29.3 Å². The molecular formula is C17H30IN3O. The van der Waals surface area contributed by atoms with Gasteiger partial charge in [-0.3, -0.25) is 4.99 Å². The number of rotatable bonds is 7. The molecule has 0 fully saturated rings. The molecule has 0 saturated heterocycles. The Hall–Kier alpha value is -0.980. The van der Waals surface area contributed by atoms with Crippen LogP contribution < -0.4 is 15.4 Å². The zero-order chi connectivity index (χ0) is 15.7. The maximum Gasteiger partial charge on any atom is 0.191 e. The van der Waals surface area contributed by atoms with Crippen molar-refractivity contribution in [2.75, 3.05) is 20.2 Å². The van der Waals surface area contributed by atoms with Gasteiger partial charge in [-0.15, -0.1) is 24.0 Å². The first kappa shape index (κ1) is 21.0. The maximum absolute atomic E-state index is 5.75. The normalized spacial score (nSPS) is 11.3. The lowest BCUT2D eigenvalue weighted by atomic mass is 10.2. The summed E-state index contributed by atoms with van der Waals surface area (Å²) < 4.78 is 5.75. The van der Waals surface area contributed by atoms with Crippen molar-refractivity contribution >= 4 is 29.9 Å². The van der Waals surface area contributed by atoms with E-state index in [1.807, 2.05) is 12.1 Å². The third-order valence-corrected chi connectivity index (χ3v) is 2.84. The Labute approximate surface area is 152 Å². The van der Waals surface area contributed by atoms with Crippen molar-refractivity contribution in [3.63, 3.8) is 0 Å². The Kier molecular flexibility index (Phi) is 11.1. The summed E-state index contributed by atoms with van der Waals surface area (Å²) in [5.41, 5.74) is 1.18. The van der Waals surface area contributed by atoms with Crippen LogP contribution >= 0.6 is 24.0 Å². The maximum atomic E-state index is 5.75. The number of hydrogen-bond acceptors (Lipinski definition) is 2. The lowest BCUT2D eigenvalue weighted by molar-refractivity contribution is 0.271. The number of nitrogens with zero attached hydrogens (tertiary/aromatic N) is 1. The molecule has 4 nitrogen and oxygen atoms in total. The van der Waals surface area contributed by atoms with Crippen LogP contribution in [0, 0.1) is 11.8 Å². The summed E-state index contributed by atoms with van der Waals surface area (Å²) in [7, 11) is 1.79. The van der Waals surface area contributed by atoms with Gasteiger partial charge in [0.1, 0.15) is 5.75 Å². The fourth-order valence-electron chi connectivity index (χ4n) is 1.72. The Morgan fingerprint density at radius 2 is 1.86 bits per heavy atom. The highest BCUT2D eigenvalue weighted by atomic mass is 127. The van der Waals surface area contributed by atoms with E-state index in [1.165, 1.54) is 5.56 Å². The van der Waals surface area contributed by atoms with Crippen molar-refractivity contribution in [2.24, 2.45) is 16.8 Å². The first-order valence-corrected chi connectivity index (χ1v) is 7.67. The lowest BCUT2D eigenvalue weighted by Crippen LogP contribution is -2.38. The molecule has 0 spiro atoms. The molecular weight excluding hydrogens is 389 g/mol. The molecule has 22 heavy (non-hydrogen) atoms. The predicted octanol–water partition coefficient (Wildman–Crippen LogP) is 3.66. The molecule has 1 aromatic carbocycles. The van der Waals surface area contributed by atoms with Crippen LogP contribution in [0.1, 0.15) is 33.3 Å². The highest BCUT2D eigenvalue weighted by Crippen LogP contribution is 2.14. The molecule has 126 valence electrons. The molecule has 0 saturated carbocycles. The molecule has 0 heterocycles. The van der Waals surface area contributed by atoms with E-state index in [1.54, 1.807) is 7.05 Å². The van der Waals surface area contributed by atoms with Gasteiger partial charge in [0, 0.05) is 20.1 Å². The average molecular weight is 419 g/mol. The smallest absolute Gasteiger partial charge is 0.191 e. The molecule has 1 aromatic rings. The number of benzene rings is 1. The van der Waals surface area contributed by atoms with E-state index in [-0.39, 0.29) is 24.0 Å². The van der Waals surface area contributed by atoms with Crippen LogP contribution in [0.3, 0.4) is 0 Å². The number of guanidine groups is 1. The van der Waals surface area contributed by atoms with Gasteiger partial charge in [-0.05, 0) is 29.5 Å². The fourth-order valence-corrected chi connectivity index (χ4v) is 1.72. The number of ether oxygens (including phenoxy) is 1. The van der Waals surface area contributed by atoms with E-state index in [2.05, 4.69) is 55.5 Å². The fraction of sp³-hybridized carbons (Fsp3) is 0.588. The molecule has 0 amide bonds. The highest BCUT2D eigenvalue weighted by Gasteiger charge is 2.02. The molecule has 0 aliphatic carbocycles. The Morgan fingerprint density at radius 3 is 2.45 bits per heavy atom. The van der Waals surface area contributed by atoms with Crippen molar-refractivity contribution in [1.82, 2.24) is 10.6 Å². The van der Waals surface area contributed by atoms with E-state index in [0.717, 1.165) is 31.4 Å². The summed E-state index contributed by atoms with van der Waals surface area (Å²) in [5, 5.41) is 6.62. The first-order chi connectivity index (χ1) is 10.0. The molecule has 2 N–H and O–H groups in total. The monoisotopic (exact) mass is 419 g/mol. The quantitative estimate of drug-likeness (QED) is 0.403. The number of halogens is 1. The van der Waals surface area contributed by atoms with Gasteiger partial charge in [0.2, 0.25) is 0 Å². The lowest BCUT2D eigenvalue weighted by Gasteiger charge is -2.14. The minimum Gasteiger partial charge on any atom is -0.493 e. The van der Waals surface area contributed by atoms with Crippen molar-refractivity contribution in [3.8, 4) is 5.75 Å². The van der Waals surface area contributed by atoms with Gasteiger partial charge in [-0.2, -0.15) is 0 Å². The van der Waals surface area contributed by atoms with E-state index < -0.39 is 0 Å². The summed E-state index contributed by atoms with van der Waals surface area (Å²) in [4.78, 5) is 4.22. The Balaban J connectivity index is 0.00000441. The minimum atomic E-state index is 0. The zero-order valence-corrected chi connectivity index (χ0v) is 16.7. The van der Waals surface area contributed by atoms with Crippen LogP contribution in [-0.2, 0) is 6.54 Å². The topological polar surface area (TPSA) is 45.7 Å². The number of nitrogens with one attached hydrogen (secondary N) is 2. The van der Waals surface area contributed by atoms with Crippen LogP contribution in [0.25, 0.3) is 0 Å².